The van der Waals surface area contributed by atoms with E-state index in [0.29, 0.717) is 0 Å². The Labute approximate surface area is 832 Å². The number of fused-ring (bicyclic) bond motifs is 18. The largest absolute Gasteiger partial charge is 0.310 e. The Bertz CT molecular complexity index is 9470. The number of para-hydroxylation sites is 8. The molecule has 0 unspecified atom stereocenters. The van der Waals surface area contributed by atoms with Gasteiger partial charge in [-0.15, -0.1) is 11.3 Å². The Balaban J connectivity index is 0.000000110. The first-order valence-electron chi connectivity index (χ1n) is 48.7. The Kier molecular flexibility index (Phi) is 21.2. The normalized spacial score (nSPS) is 12.0. The molecule has 10 nitrogen and oxygen atoms in total. The molecule has 8 heterocycles. The van der Waals surface area contributed by atoms with E-state index in [9.17, 15) is 0 Å². The average molecular weight is 1850 g/mol. The maximum Gasteiger partial charge on any atom is 0.0702 e. The molecule has 0 N–H and O–H groups in total. The number of hydrogen-bond acceptors (Lipinski definition) is 7. The van der Waals surface area contributed by atoms with Gasteiger partial charge in [0, 0.05) is 161 Å². The summed E-state index contributed by atoms with van der Waals surface area (Å²) >= 11 is 1.85. The number of nitrogens with zero attached hydrogens (tertiary/aromatic N) is 10. The highest BCUT2D eigenvalue weighted by Crippen LogP contribution is 2.54. The van der Waals surface area contributed by atoms with Crippen molar-refractivity contribution in [1.82, 2.24) is 33.2 Å². The second kappa shape index (κ2) is 35.8. The van der Waals surface area contributed by atoms with Crippen LogP contribution in [-0.4, -0.2) is 33.2 Å². The van der Waals surface area contributed by atoms with Crippen LogP contribution in [0, 0.1) is 0 Å². The molecule has 676 valence electrons. The van der Waals surface area contributed by atoms with Crippen molar-refractivity contribution in [1.29, 1.82) is 0 Å². The Morgan fingerprint density at radius 2 is 0.517 bits per heavy atom. The van der Waals surface area contributed by atoms with Crippen molar-refractivity contribution in [2.75, 3.05) is 14.7 Å². The van der Waals surface area contributed by atoms with Crippen molar-refractivity contribution in [3.8, 4) is 67.6 Å². The van der Waals surface area contributed by atoms with Gasteiger partial charge in [0.25, 0.3) is 0 Å². The summed E-state index contributed by atoms with van der Waals surface area (Å²) in [6, 6.07) is 181. The van der Waals surface area contributed by atoms with E-state index in [1.54, 1.807) is 0 Å². The monoisotopic (exact) mass is 1850 g/mol. The number of hydrogen-bond donors (Lipinski definition) is 0. The van der Waals surface area contributed by atoms with Gasteiger partial charge in [0.1, 0.15) is 0 Å². The topological polar surface area (TPSA) is 68.1 Å². The molecule has 1 aliphatic rings. The average Bonchev–Trinajstić information content (AvgIpc) is 1.57. The Morgan fingerprint density at radius 1 is 0.203 bits per heavy atom. The van der Waals surface area contributed by atoms with Crippen LogP contribution in [0.4, 0.5) is 51.2 Å². The zero-order chi connectivity index (χ0) is 95.0. The van der Waals surface area contributed by atoms with E-state index >= 15 is 0 Å². The van der Waals surface area contributed by atoms with Gasteiger partial charge in [-0.05, 0) is 259 Å². The van der Waals surface area contributed by atoms with E-state index in [0.717, 1.165) is 130 Å². The fourth-order valence-corrected chi connectivity index (χ4v) is 23.1. The summed E-state index contributed by atoms with van der Waals surface area (Å²) in [6.45, 7) is 4.70. The molecule has 19 aromatic carbocycles. The van der Waals surface area contributed by atoms with E-state index in [4.69, 9.17) is 0 Å². The first-order valence-corrected chi connectivity index (χ1v) is 49.5. The molecule has 1 aliphatic carbocycles. The quantitative estimate of drug-likeness (QED) is 0.0960. The molecule has 27 aromatic rings. The zero-order valence-corrected chi connectivity index (χ0v) is 79.3. The summed E-state index contributed by atoms with van der Waals surface area (Å²) in [4.78, 5) is 21.1. The molecule has 143 heavy (non-hydrogen) atoms. The van der Waals surface area contributed by atoms with Crippen LogP contribution < -0.4 is 14.7 Å². The van der Waals surface area contributed by atoms with E-state index in [2.05, 4.69) is 529 Å². The Hall–Kier alpha value is -18.6. The first kappa shape index (κ1) is 84.9. The van der Waals surface area contributed by atoms with Gasteiger partial charge in [0.15, 0.2) is 0 Å². The predicted molar refractivity (Wildman–Crippen MR) is 601 cm³/mol. The zero-order valence-electron chi connectivity index (χ0n) is 78.5. The van der Waals surface area contributed by atoms with Gasteiger partial charge in [0.05, 0.1) is 78.3 Å². The van der Waals surface area contributed by atoms with E-state index in [1.807, 2.05) is 66.3 Å². The van der Waals surface area contributed by atoms with Gasteiger partial charge in [-0.1, -0.05) is 281 Å². The summed E-state index contributed by atoms with van der Waals surface area (Å²) in [5.41, 5.74) is 35.5. The van der Waals surface area contributed by atoms with Gasteiger partial charge in [-0.3, -0.25) is 15.0 Å². The fraction of sp³-hybridized carbons (Fsp3) is 0.0227. The number of pyridine rings is 3. The summed E-state index contributed by atoms with van der Waals surface area (Å²) in [5, 5.41) is 12.4. The maximum atomic E-state index is 4.64. The highest BCUT2D eigenvalue weighted by molar-refractivity contribution is 7.25. The molecule has 0 amide bonds. The lowest BCUT2D eigenvalue weighted by Gasteiger charge is -2.28. The minimum atomic E-state index is -0.0923. The standard InChI is InChI=1S/C47H32N4.C44H33N3.C41H27N3S/c1-2-15-34(16-3-1)49(35-27-29-36(30-28-35)50-42-22-7-4-18-38(42)39-19-5-8-23-43(39)50)45-25-13-26-46-47(45)40-20-6-9-24-44(40)51(46)37-17-12-14-33(32-37)41-21-10-11-31-48-41;1-44(2)37-20-8-6-18-34(37)35-26-25-33(29-38(35)44)46(31-15-4-3-5-16-31)41-23-13-24-42-43(41)36-19-7-9-22-40(36)47(42)32-17-12-14-30(28-32)39-21-10-11-27-45-39;1-2-13-29(14-3-1)43(31-23-24-40-34(27-31)32-16-5-7-22-39(32)45-40)37-20-11-21-38-41(37)33-17-4-6-19-36(33)44(38)30-15-10-12-28(26-30)35-18-8-9-25-42-35/h1-32H;3-29H,1-2H3;1-27H. The van der Waals surface area contributed by atoms with E-state index in [-0.39, 0.29) is 5.41 Å². The molecule has 0 atom stereocenters. The summed E-state index contributed by atoms with van der Waals surface area (Å²) in [5.74, 6) is 0. The van der Waals surface area contributed by atoms with Crippen molar-refractivity contribution < 1.29 is 0 Å². The smallest absolute Gasteiger partial charge is 0.0702 e. The highest BCUT2D eigenvalue weighted by Gasteiger charge is 2.37. The van der Waals surface area contributed by atoms with Crippen LogP contribution in [0.15, 0.2) is 522 Å². The number of aromatic nitrogens is 7. The summed E-state index contributed by atoms with van der Waals surface area (Å²) < 4.78 is 12.2. The van der Waals surface area contributed by atoms with Crippen LogP contribution in [-0.2, 0) is 5.41 Å². The third-order valence-electron chi connectivity index (χ3n) is 28.4. The molecular weight excluding hydrogens is 1760 g/mol. The molecule has 8 aromatic heterocycles. The van der Waals surface area contributed by atoms with Crippen LogP contribution in [0.3, 0.4) is 0 Å². The molecular formula is C132H92N10S. The van der Waals surface area contributed by atoms with Crippen LogP contribution in [0.25, 0.3) is 175 Å². The maximum absolute atomic E-state index is 4.64. The SMILES string of the molecule is CC1(C)c2ccccc2-c2ccc(N(c3ccccc3)c3cccc4c3c3ccccc3n4-c3cccc(-c4ccccn4)c3)cc21.c1ccc(N(c2ccc(-n3c4ccccc4c4ccccc43)cc2)c2cccc3c2c2ccccc2n3-c2cccc(-c3ccccn3)c2)cc1.c1ccc(N(c2ccc3sc4ccccc4c3c2)c2cccc3c2c2ccccc2n3-c2cccc(-c3ccccn3)c2)cc1. The fourth-order valence-electron chi connectivity index (χ4n) is 22.1. The third kappa shape index (κ3) is 14.8. The van der Waals surface area contributed by atoms with Crippen molar-refractivity contribution in [3.05, 3.63) is 533 Å². The predicted octanol–water partition coefficient (Wildman–Crippen LogP) is 35.7. The number of rotatable bonds is 16. The molecule has 0 radical (unpaired) electrons. The van der Waals surface area contributed by atoms with Gasteiger partial charge in [0.2, 0.25) is 0 Å². The van der Waals surface area contributed by atoms with Crippen LogP contribution in [0.1, 0.15) is 25.0 Å². The summed E-state index contributed by atoms with van der Waals surface area (Å²) in [6.07, 6.45) is 5.55. The van der Waals surface area contributed by atoms with Gasteiger partial charge in [-0.2, -0.15) is 0 Å². The minimum absolute atomic E-state index is 0.0923. The molecule has 0 saturated heterocycles. The number of anilines is 9. The summed E-state index contributed by atoms with van der Waals surface area (Å²) in [7, 11) is 0. The first-order chi connectivity index (χ1) is 70.8. The van der Waals surface area contributed by atoms with Crippen molar-refractivity contribution in [3.63, 3.8) is 0 Å². The molecule has 0 spiro atoms. The van der Waals surface area contributed by atoms with Gasteiger partial charge >= 0.3 is 0 Å². The lowest BCUT2D eigenvalue weighted by molar-refractivity contribution is 0.660. The Morgan fingerprint density at radius 3 is 0.951 bits per heavy atom. The minimum Gasteiger partial charge on any atom is -0.310 e. The second-order valence-corrected chi connectivity index (χ2v) is 38.0. The van der Waals surface area contributed by atoms with Crippen molar-refractivity contribution in [2.45, 2.75) is 19.3 Å². The second-order valence-electron chi connectivity index (χ2n) is 36.9. The molecule has 0 aliphatic heterocycles. The molecule has 28 rings (SSSR count). The van der Waals surface area contributed by atoms with Crippen molar-refractivity contribution >= 4 is 170 Å². The molecule has 0 saturated carbocycles. The number of benzene rings is 19. The van der Waals surface area contributed by atoms with Crippen LogP contribution >= 0.6 is 11.3 Å². The number of thiophene rings is 1. The third-order valence-corrected chi connectivity index (χ3v) is 29.5. The lowest BCUT2D eigenvalue weighted by Crippen LogP contribution is -2.16. The molecule has 0 bridgehead atoms. The van der Waals surface area contributed by atoms with Gasteiger partial charge < -0.3 is 33.0 Å². The van der Waals surface area contributed by atoms with Crippen molar-refractivity contribution in [2.24, 2.45) is 0 Å². The highest BCUT2D eigenvalue weighted by atomic mass is 32.1. The van der Waals surface area contributed by atoms with E-state index in [1.165, 1.54) is 108 Å². The molecule has 11 heteroatoms. The van der Waals surface area contributed by atoms with Gasteiger partial charge in [-0.25, -0.2) is 0 Å². The lowest BCUT2D eigenvalue weighted by atomic mass is 9.82. The van der Waals surface area contributed by atoms with Crippen LogP contribution in [0.2, 0.25) is 0 Å². The van der Waals surface area contributed by atoms with E-state index < -0.39 is 0 Å². The van der Waals surface area contributed by atoms with Crippen LogP contribution in [0.5, 0.6) is 0 Å². The molecule has 0 fully saturated rings.